The Hall–Kier alpha value is -4.12. The van der Waals surface area contributed by atoms with Crippen LogP contribution in [0.5, 0.6) is 5.75 Å². The number of H-pyrrole nitrogens is 1. The lowest BCUT2D eigenvalue weighted by Crippen LogP contribution is -2.55. The van der Waals surface area contributed by atoms with Gasteiger partial charge in [-0.15, -0.1) is 0 Å². The van der Waals surface area contributed by atoms with E-state index >= 15 is 0 Å². The molecule has 0 aliphatic carbocycles. The molecule has 3 aromatic rings. The first kappa shape index (κ1) is 35.7. The largest absolute Gasteiger partial charge is 0.508 e. The van der Waals surface area contributed by atoms with E-state index in [1.165, 1.54) is 17.0 Å². The molecule has 0 fully saturated rings. The van der Waals surface area contributed by atoms with Crippen molar-refractivity contribution in [2.24, 2.45) is 11.8 Å². The van der Waals surface area contributed by atoms with Crippen molar-refractivity contribution in [3.8, 4) is 5.75 Å². The van der Waals surface area contributed by atoms with Gasteiger partial charge in [-0.1, -0.05) is 55.8 Å². The molecule has 2 heterocycles. The number of benzene rings is 2. The van der Waals surface area contributed by atoms with E-state index in [0.29, 0.717) is 23.0 Å². The second kappa shape index (κ2) is 15.6. The molecule has 0 saturated carbocycles. The smallest absolute Gasteiger partial charge is 0.308 e. The number of aromatic hydroxyl groups is 1. The van der Waals surface area contributed by atoms with Crippen LogP contribution < -0.4 is 10.6 Å². The zero-order valence-corrected chi connectivity index (χ0v) is 29.4. The first-order valence-electron chi connectivity index (χ1n) is 16.0. The van der Waals surface area contributed by atoms with Gasteiger partial charge in [-0.2, -0.15) is 0 Å². The summed E-state index contributed by atoms with van der Waals surface area (Å²) in [6.45, 7) is 9.27. The Balaban J connectivity index is 1.74. The number of carbonyl (C=O) groups is 4. The zero-order chi connectivity index (χ0) is 34.4. The van der Waals surface area contributed by atoms with Crippen molar-refractivity contribution in [2.75, 3.05) is 7.05 Å². The minimum absolute atomic E-state index is 0.0439. The van der Waals surface area contributed by atoms with Crippen molar-refractivity contribution in [3.63, 3.8) is 0 Å². The third kappa shape index (κ3) is 9.24. The van der Waals surface area contributed by atoms with Crippen LogP contribution in [0.2, 0.25) is 0 Å². The molecule has 252 valence electrons. The monoisotopic (exact) mass is 708 g/mol. The molecule has 1 aromatic heterocycles. The third-order valence-electron chi connectivity index (χ3n) is 8.67. The number of ether oxygens (including phenoxy) is 1. The number of esters is 1. The van der Waals surface area contributed by atoms with Gasteiger partial charge in [0.05, 0.1) is 23.2 Å². The molecular formula is C36H45BrN4O6. The summed E-state index contributed by atoms with van der Waals surface area (Å²) < 4.78 is 6.47. The number of carbonyl (C=O) groups excluding carboxylic acids is 4. The summed E-state index contributed by atoms with van der Waals surface area (Å²) in [6.07, 6.45) is 2.76. The average molecular weight is 710 g/mol. The van der Waals surface area contributed by atoms with Gasteiger partial charge in [-0.05, 0) is 84.8 Å². The number of nitrogens with zero attached hydrogens (tertiary/aromatic N) is 1. The van der Waals surface area contributed by atoms with Crippen molar-refractivity contribution in [3.05, 3.63) is 75.9 Å². The van der Waals surface area contributed by atoms with Crippen LogP contribution in [0.3, 0.4) is 0 Å². The molecule has 6 unspecified atom stereocenters. The number of rotatable bonds is 3. The van der Waals surface area contributed by atoms with Crippen LogP contribution in [0.25, 0.3) is 10.9 Å². The van der Waals surface area contributed by atoms with E-state index in [0.717, 1.165) is 22.0 Å². The average Bonchev–Trinajstić information content (AvgIpc) is 3.32. The fourth-order valence-electron chi connectivity index (χ4n) is 6.28. The number of likely N-dealkylation sites (N-methyl/N-ethyl adjacent to an activating group) is 1. The maximum atomic E-state index is 14.3. The molecule has 0 radical (unpaired) electrons. The van der Waals surface area contributed by atoms with Crippen molar-refractivity contribution in [2.45, 2.75) is 84.5 Å². The summed E-state index contributed by atoms with van der Waals surface area (Å²) in [5.41, 5.74) is 3.29. The summed E-state index contributed by atoms with van der Waals surface area (Å²) in [5, 5.41) is 16.7. The Morgan fingerprint density at radius 2 is 1.62 bits per heavy atom. The number of hydrogen-bond donors (Lipinski definition) is 4. The highest BCUT2D eigenvalue weighted by Gasteiger charge is 2.34. The van der Waals surface area contributed by atoms with Gasteiger partial charge in [-0.25, -0.2) is 0 Å². The number of para-hydroxylation sites is 1. The highest BCUT2D eigenvalue weighted by Crippen LogP contribution is 2.29. The van der Waals surface area contributed by atoms with E-state index in [2.05, 4.69) is 37.6 Å². The molecular weight excluding hydrogens is 664 g/mol. The maximum absolute atomic E-state index is 14.3. The number of amides is 3. The van der Waals surface area contributed by atoms with Gasteiger partial charge in [0.15, 0.2) is 0 Å². The van der Waals surface area contributed by atoms with Gasteiger partial charge in [0, 0.05) is 30.3 Å². The van der Waals surface area contributed by atoms with E-state index < -0.39 is 42.0 Å². The Kier molecular flexibility index (Phi) is 11.9. The van der Waals surface area contributed by atoms with E-state index in [9.17, 15) is 24.3 Å². The summed E-state index contributed by atoms with van der Waals surface area (Å²) >= 11 is 3.60. The van der Waals surface area contributed by atoms with E-state index in [-0.39, 0.29) is 36.3 Å². The molecule has 1 aliphatic rings. The minimum Gasteiger partial charge on any atom is -0.508 e. The third-order valence-corrected chi connectivity index (χ3v) is 9.35. The lowest BCUT2D eigenvalue weighted by Gasteiger charge is -2.31. The molecule has 0 saturated heterocycles. The standard InChI is InChI=1S/C36H45BrN4O6/c1-20-15-21(2)17-23(4)47-32(43)19-30(25-11-13-26(42)14-12-25)40-35(45)31(18-28-27-9-7-8-10-29(27)39-33(28)37)41(6)36(46)24(5)38-34(44)22(3)16-20/h7-15,21-24,30-31,39,42H,16-19H2,1-6H3,(H,38,44)(H,40,45)/b20-15-. The highest BCUT2D eigenvalue weighted by atomic mass is 79.9. The first-order valence-corrected chi connectivity index (χ1v) is 16.8. The number of aromatic amines is 1. The van der Waals surface area contributed by atoms with Gasteiger partial charge in [0.2, 0.25) is 17.7 Å². The number of phenols is 1. The first-order chi connectivity index (χ1) is 22.2. The van der Waals surface area contributed by atoms with Gasteiger partial charge in [-0.3, -0.25) is 19.2 Å². The summed E-state index contributed by atoms with van der Waals surface area (Å²) in [4.78, 5) is 59.2. The predicted octanol–water partition coefficient (Wildman–Crippen LogP) is 5.70. The molecule has 4 rings (SSSR count). The maximum Gasteiger partial charge on any atom is 0.308 e. The van der Waals surface area contributed by atoms with Crippen molar-refractivity contribution in [1.29, 1.82) is 0 Å². The van der Waals surface area contributed by atoms with Crippen LogP contribution in [-0.4, -0.2) is 63.9 Å². The number of allylic oxidation sites excluding steroid dienone is 2. The van der Waals surface area contributed by atoms with E-state index in [1.807, 2.05) is 52.0 Å². The fraction of sp³-hybridized carbons (Fsp3) is 0.444. The Bertz CT molecular complexity index is 1630. The van der Waals surface area contributed by atoms with Crippen LogP contribution in [0.1, 0.15) is 71.0 Å². The predicted molar refractivity (Wildman–Crippen MR) is 184 cm³/mol. The normalized spacial score (nSPS) is 27.1. The number of cyclic esters (lactones) is 1. The van der Waals surface area contributed by atoms with Gasteiger partial charge < -0.3 is 30.4 Å². The number of halogens is 1. The Morgan fingerprint density at radius 1 is 0.936 bits per heavy atom. The molecule has 10 nitrogen and oxygen atoms in total. The van der Waals surface area contributed by atoms with Crippen LogP contribution in [0, 0.1) is 11.8 Å². The number of aromatic nitrogens is 1. The van der Waals surface area contributed by atoms with Crippen molar-refractivity contribution < 1.29 is 29.0 Å². The molecule has 1 aliphatic heterocycles. The number of phenolic OH excluding ortho intramolecular Hbond substituents is 1. The van der Waals surface area contributed by atoms with Gasteiger partial charge in [0.1, 0.15) is 17.8 Å². The molecule has 47 heavy (non-hydrogen) atoms. The Morgan fingerprint density at radius 3 is 2.32 bits per heavy atom. The zero-order valence-electron chi connectivity index (χ0n) is 27.8. The molecule has 6 atom stereocenters. The van der Waals surface area contributed by atoms with Gasteiger partial charge in [0.25, 0.3) is 0 Å². The SMILES string of the molecule is C/C1=C/C(C)CC(C)OC(=O)CC(c2ccc(O)cc2)NC(=O)C(Cc2c(Br)[nH]c3ccccc23)N(C)C(=O)C(C)NC(=O)C(C)C1. The molecule has 4 N–H and O–H groups in total. The van der Waals surface area contributed by atoms with Crippen LogP contribution >= 0.6 is 15.9 Å². The van der Waals surface area contributed by atoms with Crippen molar-refractivity contribution >= 4 is 50.5 Å². The summed E-state index contributed by atoms with van der Waals surface area (Å²) in [5.74, 6) is -1.93. The van der Waals surface area contributed by atoms with E-state index in [1.54, 1.807) is 26.1 Å². The molecule has 0 bridgehead atoms. The van der Waals surface area contributed by atoms with Gasteiger partial charge >= 0.3 is 5.97 Å². The van der Waals surface area contributed by atoms with Crippen LogP contribution in [0.4, 0.5) is 0 Å². The number of fused-ring (bicyclic) bond motifs is 1. The minimum atomic E-state index is -1.02. The molecule has 3 amide bonds. The summed E-state index contributed by atoms with van der Waals surface area (Å²) in [7, 11) is 1.55. The van der Waals surface area contributed by atoms with Crippen molar-refractivity contribution in [1.82, 2.24) is 20.5 Å². The van der Waals surface area contributed by atoms with E-state index in [4.69, 9.17) is 4.74 Å². The van der Waals surface area contributed by atoms with Crippen LogP contribution in [-0.2, 0) is 30.3 Å². The second-order valence-electron chi connectivity index (χ2n) is 12.9. The number of nitrogens with one attached hydrogen (secondary N) is 3. The van der Waals surface area contributed by atoms with Crippen LogP contribution in [0.15, 0.2) is 64.8 Å². The second-order valence-corrected chi connectivity index (χ2v) is 13.6. The fourth-order valence-corrected chi connectivity index (χ4v) is 6.87. The Labute approximate surface area is 284 Å². The molecule has 2 aromatic carbocycles. The highest BCUT2D eigenvalue weighted by molar-refractivity contribution is 9.10. The number of hydrogen-bond acceptors (Lipinski definition) is 6. The molecule has 0 spiro atoms. The topological polar surface area (TPSA) is 141 Å². The molecule has 11 heteroatoms. The summed E-state index contributed by atoms with van der Waals surface area (Å²) in [6, 6.07) is 11.2. The lowest BCUT2D eigenvalue weighted by atomic mass is 9.95. The lowest BCUT2D eigenvalue weighted by molar-refractivity contribution is -0.149. The quantitative estimate of drug-likeness (QED) is 0.203.